The van der Waals surface area contributed by atoms with Crippen molar-refractivity contribution in [2.24, 2.45) is 5.73 Å². The van der Waals surface area contributed by atoms with Gasteiger partial charge in [0.05, 0.1) is 18.5 Å². The van der Waals surface area contributed by atoms with Crippen molar-refractivity contribution in [1.82, 2.24) is 19.9 Å². The molecule has 0 unspecified atom stereocenters. The average molecular weight is 525 g/mol. The van der Waals surface area contributed by atoms with Crippen molar-refractivity contribution in [3.8, 4) is 0 Å². The normalized spacial score (nSPS) is 11.8. The van der Waals surface area contributed by atoms with E-state index < -0.39 is 33.5 Å². The highest BCUT2D eigenvalue weighted by Crippen LogP contribution is 2.34. The summed E-state index contributed by atoms with van der Waals surface area (Å²) < 4.78 is 65.8. The van der Waals surface area contributed by atoms with Gasteiger partial charge in [-0.2, -0.15) is 18.2 Å². The molecule has 0 aliphatic heterocycles. The second-order valence-electron chi connectivity index (χ2n) is 7.84. The van der Waals surface area contributed by atoms with Crippen LogP contribution in [0, 0.1) is 13.8 Å². The lowest BCUT2D eigenvalue weighted by molar-refractivity contribution is -0.137. The predicted octanol–water partition coefficient (Wildman–Crippen LogP) is 2.75. The van der Waals surface area contributed by atoms with Gasteiger partial charge in [0.15, 0.2) is 5.82 Å². The number of carbonyl (C=O) groups is 1. The van der Waals surface area contributed by atoms with Crippen molar-refractivity contribution in [3.05, 3.63) is 58.7 Å². The van der Waals surface area contributed by atoms with Crippen LogP contribution in [0.1, 0.15) is 32.9 Å². The molecule has 0 radical (unpaired) electrons. The SMILES string of the molecule is Cc1cnc(CNc2nc(Nc3cc(C(N)=O)ccc3C)ncc2C(F)(F)F)c(N(C)S(C)(=O)=O)n1. The van der Waals surface area contributed by atoms with E-state index in [2.05, 4.69) is 30.6 Å². The van der Waals surface area contributed by atoms with Crippen molar-refractivity contribution < 1.29 is 26.4 Å². The van der Waals surface area contributed by atoms with Crippen LogP contribution in [0.5, 0.6) is 0 Å². The number of hydrogen-bond acceptors (Lipinski definition) is 9. The molecule has 1 amide bonds. The topological polar surface area (TPSA) is 156 Å². The third kappa shape index (κ3) is 6.16. The number of sulfonamides is 1. The van der Waals surface area contributed by atoms with Crippen molar-refractivity contribution in [2.75, 3.05) is 28.2 Å². The number of halogens is 3. The van der Waals surface area contributed by atoms with Crippen LogP contribution in [0.2, 0.25) is 0 Å². The molecule has 0 fully saturated rings. The van der Waals surface area contributed by atoms with Gasteiger partial charge >= 0.3 is 6.18 Å². The maximum atomic E-state index is 13.6. The lowest BCUT2D eigenvalue weighted by atomic mass is 10.1. The first kappa shape index (κ1) is 26.6. The van der Waals surface area contributed by atoms with Gasteiger partial charge in [-0.3, -0.25) is 14.1 Å². The molecule has 15 heteroatoms. The molecule has 0 atom stereocenters. The van der Waals surface area contributed by atoms with E-state index in [4.69, 9.17) is 5.73 Å². The van der Waals surface area contributed by atoms with Crippen LogP contribution >= 0.6 is 0 Å². The van der Waals surface area contributed by atoms with Gasteiger partial charge in [-0.15, -0.1) is 0 Å². The van der Waals surface area contributed by atoms with E-state index in [9.17, 15) is 26.4 Å². The lowest BCUT2D eigenvalue weighted by Crippen LogP contribution is -2.28. The Labute approximate surface area is 205 Å². The fourth-order valence-corrected chi connectivity index (χ4v) is 3.47. The Morgan fingerprint density at radius 3 is 2.44 bits per heavy atom. The third-order valence-electron chi connectivity index (χ3n) is 5.03. The number of hydrogen-bond donors (Lipinski definition) is 3. The highest BCUT2D eigenvalue weighted by molar-refractivity contribution is 7.92. The first-order chi connectivity index (χ1) is 16.7. The molecule has 1 aromatic carbocycles. The Bertz CT molecular complexity index is 1410. The molecule has 11 nitrogen and oxygen atoms in total. The molecule has 2 aromatic heterocycles. The van der Waals surface area contributed by atoms with E-state index in [0.29, 0.717) is 23.1 Å². The Morgan fingerprint density at radius 2 is 1.83 bits per heavy atom. The van der Waals surface area contributed by atoms with Crippen molar-refractivity contribution in [3.63, 3.8) is 0 Å². The average Bonchev–Trinajstić information content (AvgIpc) is 2.77. The minimum atomic E-state index is -4.78. The lowest BCUT2D eigenvalue weighted by Gasteiger charge is -2.20. The molecular weight excluding hydrogens is 501 g/mol. The number of carbonyl (C=O) groups excluding carboxylic acids is 1. The van der Waals surface area contributed by atoms with Crippen LogP contribution in [-0.4, -0.2) is 47.6 Å². The molecule has 192 valence electrons. The largest absolute Gasteiger partial charge is 0.421 e. The number of primary amides is 1. The van der Waals surface area contributed by atoms with Crippen molar-refractivity contribution in [2.45, 2.75) is 26.6 Å². The summed E-state index contributed by atoms with van der Waals surface area (Å²) in [6.45, 7) is 2.99. The third-order valence-corrected chi connectivity index (χ3v) is 6.20. The van der Waals surface area contributed by atoms with Gasteiger partial charge in [-0.1, -0.05) is 6.07 Å². The maximum absolute atomic E-state index is 13.6. The van der Waals surface area contributed by atoms with Crippen molar-refractivity contribution in [1.29, 1.82) is 0 Å². The van der Waals surface area contributed by atoms with E-state index in [1.54, 1.807) is 19.9 Å². The molecule has 0 aliphatic carbocycles. The zero-order valence-electron chi connectivity index (χ0n) is 19.7. The molecule has 0 spiro atoms. The first-order valence-corrected chi connectivity index (χ1v) is 12.1. The van der Waals surface area contributed by atoms with E-state index >= 15 is 0 Å². The summed E-state index contributed by atoms with van der Waals surface area (Å²) in [5, 5.41) is 5.35. The van der Waals surface area contributed by atoms with Gasteiger partial charge in [0.25, 0.3) is 0 Å². The Balaban J connectivity index is 1.97. The zero-order valence-corrected chi connectivity index (χ0v) is 20.5. The molecule has 3 rings (SSSR count). The summed E-state index contributed by atoms with van der Waals surface area (Å²) in [6, 6.07) is 4.56. The molecule has 4 N–H and O–H groups in total. The molecular formula is C21H23F3N8O3S. The Morgan fingerprint density at radius 1 is 1.14 bits per heavy atom. The molecule has 2 heterocycles. The Hall–Kier alpha value is -4.01. The molecule has 0 saturated carbocycles. The van der Waals surface area contributed by atoms with E-state index in [0.717, 1.165) is 10.6 Å². The van der Waals surface area contributed by atoms with Crippen LogP contribution in [0.3, 0.4) is 0 Å². The molecule has 0 saturated heterocycles. The number of aromatic nitrogens is 4. The molecule has 36 heavy (non-hydrogen) atoms. The number of alkyl halides is 3. The molecule has 0 bridgehead atoms. The quantitative estimate of drug-likeness (QED) is 0.403. The fourth-order valence-electron chi connectivity index (χ4n) is 3.01. The van der Waals surface area contributed by atoms with Gasteiger partial charge in [0.1, 0.15) is 17.1 Å². The summed E-state index contributed by atoms with van der Waals surface area (Å²) in [6.07, 6.45) is -1.85. The number of anilines is 4. The predicted molar refractivity (Wildman–Crippen MR) is 127 cm³/mol. The summed E-state index contributed by atoms with van der Waals surface area (Å²) in [5.41, 5.74) is 5.88. The Kier molecular flexibility index (Phi) is 7.33. The number of benzene rings is 1. The van der Waals surface area contributed by atoms with Crippen molar-refractivity contribution >= 4 is 39.2 Å². The van der Waals surface area contributed by atoms with Crippen LogP contribution in [0.15, 0.2) is 30.6 Å². The smallest absolute Gasteiger partial charge is 0.366 e. The molecule has 3 aromatic rings. The second kappa shape index (κ2) is 9.93. The van der Waals surface area contributed by atoms with Crippen LogP contribution in [0.4, 0.5) is 36.4 Å². The summed E-state index contributed by atoms with van der Waals surface area (Å²) in [7, 11) is -2.45. The second-order valence-corrected chi connectivity index (χ2v) is 9.85. The highest BCUT2D eigenvalue weighted by Gasteiger charge is 2.35. The van der Waals surface area contributed by atoms with Crippen LogP contribution in [-0.2, 0) is 22.7 Å². The maximum Gasteiger partial charge on any atom is 0.421 e. The number of aryl methyl sites for hydroxylation is 2. The minimum Gasteiger partial charge on any atom is -0.366 e. The van der Waals surface area contributed by atoms with E-state index in [1.807, 2.05) is 0 Å². The number of nitrogens with one attached hydrogen (secondary N) is 2. The first-order valence-electron chi connectivity index (χ1n) is 10.3. The number of nitrogens with zero attached hydrogens (tertiary/aromatic N) is 5. The number of nitrogens with two attached hydrogens (primary N) is 1. The van der Waals surface area contributed by atoms with Gasteiger partial charge in [0, 0.05) is 30.7 Å². The summed E-state index contributed by atoms with van der Waals surface area (Å²) >= 11 is 0. The van der Waals surface area contributed by atoms with Crippen LogP contribution in [0.25, 0.3) is 0 Å². The van der Waals surface area contributed by atoms with Gasteiger partial charge in [0.2, 0.25) is 21.9 Å². The van der Waals surface area contributed by atoms with E-state index in [1.165, 1.54) is 25.4 Å². The number of amides is 1. The number of rotatable bonds is 8. The zero-order chi connectivity index (χ0) is 26.8. The highest BCUT2D eigenvalue weighted by atomic mass is 32.2. The summed E-state index contributed by atoms with van der Waals surface area (Å²) in [5.74, 6) is -1.47. The minimum absolute atomic E-state index is 0.0372. The van der Waals surface area contributed by atoms with E-state index in [-0.39, 0.29) is 29.6 Å². The monoisotopic (exact) mass is 524 g/mol. The fraction of sp³-hybridized carbons (Fsp3) is 0.286. The summed E-state index contributed by atoms with van der Waals surface area (Å²) in [4.78, 5) is 27.5. The molecule has 0 aliphatic rings. The standard InChI is InChI=1S/C21H23F3N8O3S/c1-11-5-6-13(17(25)33)7-15(11)30-20-28-9-14(21(22,23)24)18(31-20)27-10-16-19(29-12(2)8-26-16)32(3)36(4,34)35/h5-9H,10H2,1-4H3,(H2,25,33)(H2,27,28,30,31). The van der Waals surface area contributed by atoms with Gasteiger partial charge in [-0.05, 0) is 31.5 Å². The van der Waals surface area contributed by atoms with Gasteiger partial charge < -0.3 is 16.4 Å². The van der Waals surface area contributed by atoms with Crippen LogP contribution < -0.4 is 20.7 Å². The van der Waals surface area contributed by atoms with Gasteiger partial charge in [-0.25, -0.2) is 18.4 Å².